The number of hydrogen-bond acceptors (Lipinski definition) is 10. The van der Waals surface area contributed by atoms with Crippen molar-refractivity contribution in [3.05, 3.63) is 0 Å². The van der Waals surface area contributed by atoms with Gasteiger partial charge >= 0.3 is 11.9 Å². The zero-order chi connectivity index (χ0) is 44.5. The van der Waals surface area contributed by atoms with Crippen LogP contribution in [0.5, 0.6) is 0 Å². The summed E-state index contributed by atoms with van der Waals surface area (Å²) in [6, 6.07) is -0.939. The van der Waals surface area contributed by atoms with Gasteiger partial charge in [0.2, 0.25) is 23.6 Å². The quantitative estimate of drug-likeness (QED) is 0.0407. The predicted molar refractivity (Wildman–Crippen MR) is 231 cm³/mol. The third kappa shape index (κ3) is 42.8. The molecular formula is C44H82N4O12. The molecule has 0 rings (SSSR count). The molecule has 0 aliphatic rings. The van der Waals surface area contributed by atoms with Crippen LogP contribution < -0.4 is 21.3 Å². The summed E-state index contributed by atoms with van der Waals surface area (Å²) in [5.74, 6) is -2.30. The first kappa shape index (κ1) is 56.7. The van der Waals surface area contributed by atoms with Crippen molar-refractivity contribution in [2.45, 2.75) is 168 Å². The Morgan fingerprint density at radius 3 is 1.27 bits per heavy atom. The maximum absolute atomic E-state index is 12.3. The molecule has 0 aromatic carbocycles. The van der Waals surface area contributed by atoms with Crippen molar-refractivity contribution in [2.24, 2.45) is 5.41 Å². The number of nitrogens with one attached hydrogen (secondary N) is 4. The minimum Gasteiger partial charge on any atom is -0.481 e. The number of unbranched alkanes of at least 4 members (excludes halogenated alkanes) is 14. The molecule has 0 saturated carbocycles. The molecule has 0 radical (unpaired) electrons. The van der Waals surface area contributed by atoms with Crippen LogP contribution in [0.2, 0.25) is 0 Å². The van der Waals surface area contributed by atoms with E-state index in [1.807, 2.05) is 20.8 Å². The third-order valence-electron chi connectivity index (χ3n) is 9.44. The number of carboxylic acid groups (broad SMARTS) is 2. The number of amides is 4. The summed E-state index contributed by atoms with van der Waals surface area (Å²) in [4.78, 5) is 70.3. The fraction of sp³-hybridized carbons (Fsp3) is 0.864. The molecule has 0 aromatic rings. The van der Waals surface area contributed by atoms with Crippen LogP contribution in [-0.2, 0) is 47.7 Å². The molecule has 0 aliphatic heterocycles. The number of carbonyl (C=O) groups is 6. The fourth-order valence-corrected chi connectivity index (χ4v) is 6.13. The normalized spacial score (nSPS) is 11.8. The molecule has 0 bridgehead atoms. The number of carboxylic acids is 2. The number of rotatable bonds is 43. The highest BCUT2D eigenvalue weighted by atomic mass is 16.5. The summed E-state index contributed by atoms with van der Waals surface area (Å²) in [7, 11) is 0. The summed E-state index contributed by atoms with van der Waals surface area (Å²) in [6.45, 7) is 9.86. The number of hydrogen-bond donors (Lipinski definition) is 6. The van der Waals surface area contributed by atoms with Crippen LogP contribution >= 0.6 is 0 Å². The third-order valence-corrected chi connectivity index (χ3v) is 9.44. The van der Waals surface area contributed by atoms with Gasteiger partial charge in [0.15, 0.2) is 0 Å². The SMILES string of the molecule is CC(C)(C)CC(=O)NCCOCCOCCC(=O)NCCOCCOCCC(=O)NCCCC[C@H](NC(=O)CCCCCCCCCCCCCCCCC(=O)O)C(=O)O. The van der Waals surface area contributed by atoms with Gasteiger partial charge in [0.25, 0.3) is 0 Å². The van der Waals surface area contributed by atoms with Crippen molar-refractivity contribution < 1.29 is 57.9 Å². The average molecular weight is 859 g/mol. The Balaban J connectivity index is 3.60. The second-order valence-corrected chi connectivity index (χ2v) is 16.5. The van der Waals surface area contributed by atoms with Crippen LogP contribution in [0, 0.1) is 5.41 Å². The smallest absolute Gasteiger partial charge is 0.326 e. The first-order chi connectivity index (χ1) is 28.8. The van der Waals surface area contributed by atoms with Crippen LogP contribution in [0.1, 0.15) is 162 Å². The molecule has 0 unspecified atom stereocenters. The number of aliphatic carboxylic acids is 2. The van der Waals surface area contributed by atoms with E-state index in [9.17, 15) is 33.9 Å². The molecular weight excluding hydrogens is 776 g/mol. The van der Waals surface area contributed by atoms with Gasteiger partial charge in [0, 0.05) is 51.7 Å². The van der Waals surface area contributed by atoms with Crippen molar-refractivity contribution >= 4 is 35.6 Å². The van der Waals surface area contributed by atoms with E-state index in [1.54, 1.807) is 0 Å². The number of carbonyl (C=O) groups excluding carboxylic acids is 4. The van der Waals surface area contributed by atoms with Gasteiger partial charge in [-0.05, 0) is 37.5 Å². The predicted octanol–water partition coefficient (Wildman–Crippen LogP) is 5.68. The fourth-order valence-electron chi connectivity index (χ4n) is 6.13. The van der Waals surface area contributed by atoms with E-state index in [-0.39, 0.29) is 61.5 Å². The summed E-state index contributed by atoms with van der Waals surface area (Å²) in [6.07, 6.45) is 18.3. The topological polar surface area (TPSA) is 228 Å². The maximum atomic E-state index is 12.3. The zero-order valence-electron chi connectivity index (χ0n) is 37.4. The maximum Gasteiger partial charge on any atom is 0.326 e. The molecule has 16 heteroatoms. The van der Waals surface area contributed by atoms with Gasteiger partial charge in [-0.15, -0.1) is 0 Å². The van der Waals surface area contributed by atoms with Crippen LogP contribution in [0.4, 0.5) is 0 Å². The van der Waals surface area contributed by atoms with Crippen molar-refractivity contribution in [3.63, 3.8) is 0 Å². The molecule has 0 saturated heterocycles. The van der Waals surface area contributed by atoms with Crippen molar-refractivity contribution in [1.29, 1.82) is 0 Å². The molecule has 60 heavy (non-hydrogen) atoms. The second-order valence-electron chi connectivity index (χ2n) is 16.5. The van der Waals surface area contributed by atoms with Gasteiger partial charge in [0.1, 0.15) is 6.04 Å². The molecule has 350 valence electrons. The minimum atomic E-state index is -1.05. The van der Waals surface area contributed by atoms with Gasteiger partial charge in [0.05, 0.1) is 52.9 Å². The Morgan fingerprint density at radius 1 is 0.433 bits per heavy atom. The molecule has 0 heterocycles. The monoisotopic (exact) mass is 859 g/mol. The highest BCUT2D eigenvalue weighted by Crippen LogP contribution is 2.17. The van der Waals surface area contributed by atoms with Crippen LogP contribution in [0.25, 0.3) is 0 Å². The summed E-state index contributed by atoms with van der Waals surface area (Å²) < 4.78 is 21.7. The second kappa shape index (κ2) is 39.8. The lowest BCUT2D eigenvalue weighted by Gasteiger charge is -2.17. The summed E-state index contributed by atoms with van der Waals surface area (Å²) in [5.41, 5.74) is -0.0517. The molecule has 1 atom stereocenters. The van der Waals surface area contributed by atoms with E-state index in [0.717, 1.165) is 44.9 Å². The Bertz CT molecular complexity index is 1130. The van der Waals surface area contributed by atoms with Gasteiger partial charge < -0.3 is 50.4 Å². The standard InChI is InChI=1S/C44H82N4O12/c1-44(2,3)36-41(52)47-27-31-60-35-33-58-29-24-39(50)46-26-30-59-34-32-57-28-23-38(49)45-25-19-18-20-37(43(55)56)48-40(51)21-16-14-12-10-8-6-4-5-7-9-11-13-15-17-22-42(53)54/h37H,4-36H2,1-3H3,(H,45,49)(H,46,50)(H,47,52)(H,48,51)(H,53,54)(H,55,56)/t37-/m0/s1. The zero-order valence-corrected chi connectivity index (χ0v) is 37.4. The van der Waals surface area contributed by atoms with Crippen molar-refractivity contribution in [3.8, 4) is 0 Å². The molecule has 4 amide bonds. The van der Waals surface area contributed by atoms with Gasteiger partial charge in [-0.25, -0.2) is 4.79 Å². The average Bonchev–Trinajstić information content (AvgIpc) is 3.17. The Hall–Kier alpha value is -3.34. The Labute approximate surface area is 360 Å². The first-order valence-corrected chi connectivity index (χ1v) is 22.6. The Kier molecular flexibility index (Phi) is 37.6. The highest BCUT2D eigenvalue weighted by molar-refractivity contribution is 5.83. The molecule has 0 aromatic heterocycles. The lowest BCUT2D eigenvalue weighted by atomic mass is 9.92. The lowest BCUT2D eigenvalue weighted by molar-refractivity contribution is -0.142. The van der Waals surface area contributed by atoms with E-state index >= 15 is 0 Å². The molecule has 0 aliphatic carbocycles. The molecule has 0 fully saturated rings. The minimum absolute atomic E-state index is 0.00445. The van der Waals surface area contributed by atoms with Crippen LogP contribution in [0.3, 0.4) is 0 Å². The highest BCUT2D eigenvalue weighted by Gasteiger charge is 2.19. The van der Waals surface area contributed by atoms with E-state index < -0.39 is 18.0 Å². The summed E-state index contributed by atoms with van der Waals surface area (Å²) >= 11 is 0. The van der Waals surface area contributed by atoms with Gasteiger partial charge in [-0.2, -0.15) is 0 Å². The van der Waals surface area contributed by atoms with Crippen molar-refractivity contribution in [1.82, 2.24) is 21.3 Å². The van der Waals surface area contributed by atoms with E-state index in [0.29, 0.717) is 91.4 Å². The van der Waals surface area contributed by atoms with Crippen molar-refractivity contribution in [2.75, 3.05) is 72.5 Å². The van der Waals surface area contributed by atoms with Gasteiger partial charge in [-0.3, -0.25) is 24.0 Å². The van der Waals surface area contributed by atoms with Crippen LogP contribution in [-0.4, -0.2) is 124 Å². The van der Waals surface area contributed by atoms with E-state index in [1.165, 1.54) is 44.9 Å². The van der Waals surface area contributed by atoms with E-state index in [4.69, 9.17) is 24.1 Å². The van der Waals surface area contributed by atoms with E-state index in [2.05, 4.69) is 21.3 Å². The first-order valence-electron chi connectivity index (χ1n) is 22.6. The van der Waals surface area contributed by atoms with Crippen LogP contribution in [0.15, 0.2) is 0 Å². The number of ether oxygens (including phenoxy) is 4. The van der Waals surface area contributed by atoms with Gasteiger partial charge in [-0.1, -0.05) is 97.8 Å². The lowest BCUT2D eigenvalue weighted by Crippen LogP contribution is -2.40. The largest absolute Gasteiger partial charge is 0.481 e. The molecule has 16 nitrogen and oxygen atoms in total. The molecule has 6 N–H and O–H groups in total. The summed E-state index contributed by atoms with van der Waals surface area (Å²) in [5, 5.41) is 29.2. The Morgan fingerprint density at radius 2 is 0.833 bits per heavy atom. The molecule has 0 spiro atoms.